The summed E-state index contributed by atoms with van der Waals surface area (Å²) in [4.78, 5) is 0. The molecule has 0 radical (unpaired) electrons. The molecule has 0 aliphatic rings. The third-order valence-electron chi connectivity index (χ3n) is 3.24. The van der Waals surface area contributed by atoms with Crippen LogP contribution in [-0.4, -0.2) is 6.04 Å². The highest BCUT2D eigenvalue weighted by molar-refractivity contribution is 6.32. The second kappa shape index (κ2) is 6.98. The zero-order valence-electron chi connectivity index (χ0n) is 11.4. The molecule has 1 N–H and O–H groups in total. The lowest BCUT2D eigenvalue weighted by Gasteiger charge is -2.16. The van der Waals surface area contributed by atoms with Gasteiger partial charge in [0.05, 0.1) is 16.3 Å². The molecule has 0 aromatic heterocycles. The number of halogens is 1. The number of nitrogens with one attached hydrogen (secondary N) is 1. The molecule has 2 rings (SSSR count). The van der Waals surface area contributed by atoms with Crippen LogP contribution < -0.4 is 5.32 Å². The van der Waals surface area contributed by atoms with Gasteiger partial charge in [0, 0.05) is 6.04 Å². The van der Waals surface area contributed by atoms with Gasteiger partial charge in [-0.1, -0.05) is 48.0 Å². The Hall–Kier alpha value is -1.98. The van der Waals surface area contributed by atoms with Gasteiger partial charge >= 0.3 is 0 Å². The van der Waals surface area contributed by atoms with E-state index < -0.39 is 0 Å². The maximum absolute atomic E-state index is 9.15. The summed E-state index contributed by atoms with van der Waals surface area (Å²) in [5.41, 5.74) is 2.65. The van der Waals surface area contributed by atoms with Crippen LogP contribution in [0.4, 0.5) is 5.69 Å². The van der Waals surface area contributed by atoms with Gasteiger partial charge in [0.2, 0.25) is 0 Å². The van der Waals surface area contributed by atoms with Gasteiger partial charge in [0.15, 0.2) is 0 Å². The smallest absolute Gasteiger partial charge is 0.103 e. The van der Waals surface area contributed by atoms with Crippen LogP contribution in [0.2, 0.25) is 5.02 Å². The van der Waals surface area contributed by atoms with Crippen molar-refractivity contribution in [1.29, 1.82) is 5.26 Å². The first kappa shape index (κ1) is 14.4. The third-order valence-corrected chi connectivity index (χ3v) is 3.55. The molecule has 3 heteroatoms. The molecule has 2 nitrogen and oxygen atoms in total. The van der Waals surface area contributed by atoms with E-state index in [1.54, 1.807) is 6.07 Å². The van der Waals surface area contributed by atoms with Crippen LogP contribution in [0.5, 0.6) is 0 Å². The van der Waals surface area contributed by atoms with Gasteiger partial charge in [-0.05, 0) is 37.5 Å². The predicted octanol–water partition coefficient (Wildman–Crippen LogP) is 4.64. The summed E-state index contributed by atoms with van der Waals surface area (Å²) in [5, 5.41) is 13.0. The van der Waals surface area contributed by atoms with E-state index >= 15 is 0 Å². The van der Waals surface area contributed by atoms with Gasteiger partial charge in [0.25, 0.3) is 0 Å². The van der Waals surface area contributed by atoms with Crippen LogP contribution in [0.25, 0.3) is 0 Å². The molecule has 0 amide bonds. The summed E-state index contributed by atoms with van der Waals surface area (Å²) in [6.07, 6.45) is 2.01. The predicted molar refractivity (Wildman–Crippen MR) is 84.0 cm³/mol. The molecule has 2 aromatic rings. The van der Waals surface area contributed by atoms with Crippen molar-refractivity contribution in [3.8, 4) is 6.07 Å². The summed E-state index contributed by atoms with van der Waals surface area (Å²) in [7, 11) is 0. The highest BCUT2D eigenvalue weighted by atomic mass is 35.5. The first-order valence-electron chi connectivity index (χ1n) is 6.70. The minimum absolute atomic E-state index is 0.278. The van der Waals surface area contributed by atoms with E-state index in [1.165, 1.54) is 5.56 Å². The Morgan fingerprint density at radius 1 is 1.15 bits per heavy atom. The molecule has 1 atom stereocenters. The minimum Gasteiger partial charge on any atom is -0.381 e. The van der Waals surface area contributed by atoms with E-state index in [-0.39, 0.29) is 6.04 Å². The highest BCUT2D eigenvalue weighted by Crippen LogP contribution is 2.24. The highest BCUT2D eigenvalue weighted by Gasteiger charge is 2.09. The summed E-state index contributed by atoms with van der Waals surface area (Å²) in [6.45, 7) is 2.12. The fraction of sp³-hybridized carbons (Fsp3) is 0.235. The zero-order valence-corrected chi connectivity index (χ0v) is 12.2. The SMILES string of the molecule is CC(CCc1ccccc1)Nc1cccc(Cl)c1C#N. The molecule has 20 heavy (non-hydrogen) atoms. The topological polar surface area (TPSA) is 35.8 Å². The van der Waals surface area contributed by atoms with Crippen LogP contribution >= 0.6 is 11.6 Å². The first-order chi connectivity index (χ1) is 9.70. The first-order valence-corrected chi connectivity index (χ1v) is 7.07. The number of hydrogen-bond acceptors (Lipinski definition) is 2. The van der Waals surface area contributed by atoms with Gasteiger partial charge in [-0.25, -0.2) is 0 Å². The molecule has 102 valence electrons. The molecule has 0 heterocycles. The average molecular weight is 285 g/mol. The van der Waals surface area contributed by atoms with Gasteiger partial charge < -0.3 is 5.32 Å². The van der Waals surface area contributed by atoms with Crippen LogP contribution in [-0.2, 0) is 6.42 Å². The van der Waals surface area contributed by atoms with Crippen molar-refractivity contribution < 1.29 is 0 Å². The van der Waals surface area contributed by atoms with E-state index in [0.29, 0.717) is 10.6 Å². The average Bonchev–Trinajstić information content (AvgIpc) is 2.46. The number of aryl methyl sites for hydroxylation is 1. The molecule has 0 spiro atoms. The number of hydrogen-bond donors (Lipinski definition) is 1. The molecule has 0 bridgehead atoms. The van der Waals surface area contributed by atoms with Gasteiger partial charge in [-0.2, -0.15) is 5.26 Å². The Morgan fingerprint density at radius 2 is 1.90 bits per heavy atom. The fourth-order valence-electron chi connectivity index (χ4n) is 2.12. The Bertz CT molecular complexity index is 602. The van der Waals surface area contributed by atoms with Gasteiger partial charge in [0.1, 0.15) is 6.07 Å². The Kier molecular flexibility index (Phi) is 5.03. The minimum atomic E-state index is 0.278. The van der Waals surface area contributed by atoms with Crippen LogP contribution in [0.15, 0.2) is 48.5 Å². The number of nitrogens with zero attached hydrogens (tertiary/aromatic N) is 1. The van der Waals surface area contributed by atoms with Crippen LogP contribution in [0, 0.1) is 11.3 Å². The summed E-state index contributed by atoms with van der Waals surface area (Å²) in [5.74, 6) is 0. The number of anilines is 1. The molecule has 0 saturated heterocycles. The quantitative estimate of drug-likeness (QED) is 0.868. The maximum atomic E-state index is 9.15. The summed E-state index contributed by atoms with van der Waals surface area (Å²) < 4.78 is 0. The Labute approximate surface area is 125 Å². The van der Waals surface area contributed by atoms with E-state index in [4.69, 9.17) is 16.9 Å². The second-order valence-electron chi connectivity index (χ2n) is 4.84. The van der Waals surface area contributed by atoms with E-state index in [1.807, 2.05) is 18.2 Å². The third kappa shape index (κ3) is 3.76. The lowest BCUT2D eigenvalue weighted by molar-refractivity contribution is 0.706. The van der Waals surface area contributed by atoms with Crippen LogP contribution in [0.3, 0.4) is 0 Å². The monoisotopic (exact) mass is 284 g/mol. The normalized spacial score (nSPS) is 11.7. The van der Waals surface area contributed by atoms with Crippen molar-refractivity contribution in [3.63, 3.8) is 0 Å². The van der Waals surface area contributed by atoms with Crippen molar-refractivity contribution in [1.82, 2.24) is 0 Å². The Morgan fingerprint density at radius 3 is 2.60 bits per heavy atom. The number of benzene rings is 2. The number of nitriles is 1. The molecule has 0 fully saturated rings. The van der Waals surface area contributed by atoms with Gasteiger partial charge in [-0.3, -0.25) is 0 Å². The second-order valence-corrected chi connectivity index (χ2v) is 5.25. The van der Waals surface area contributed by atoms with Gasteiger partial charge in [-0.15, -0.1) is 0 Å². The fourth-order valence-corrected chi connectivity index (χ4v) is 2.34. The molecular formula is C17H17ClN2. The molecule has 0 aliphatic carbocycles. The van der Waals surface area contributed by atoms with Crippen molar-refractivity contribution in [3.05, 3.63) is 64.7 Å². The largest absolute Gasteiger partial charge is 0.381 e. The molecule has 0 aliphatic heterocycles. The van der Waals surface area contributed by atoms with E-state index in [0.717, 1.165) is 18.5 Å². The van der Waals surface area contributed by atoms with Crippen LogP contribution in [0.1, 0.15) is 24.5 Å². The van der Waals surface area contributed by atoms with Crippen molar-refractivity contribution in [2.75, 3.05) is 5.32 Å². The summed E-state index contributed by atoms with van der Waals surface area (Å²) >= 11 is 6.02. The molecular weight excluding hydrogens is 268 g/mol. The van der Waals surface area contributed by atoms with E-state index in [9.17, 15) is 0 Å². The molecule has 2 aromatic carbocycles. The van der Waals surface area contributed by atoms with Crippen molar-refractivity contribution >= 4 is 17.3 Å². The maximum Gasteiger partial charge on any atom is 0.103 e. The summed E-state index contributed by atoms with van der Waals surface area (Å²) in [6, 6.07) is 18.3. The van der Waals surface area contributed by atoms with Crippen molar-refractivity contribution in [2.45, 2.75) is 25.8 Å². The van der Waals surface area contributed by atoms with Crippen molar-refractivity contribution in [2.24, 2.45) is 0 Å². The Balaban J connectivity index is 1.97. The standard InChI is InChI=1S/C17H17ClN2/c1-13(10-11-14-6-3-2-4-7-14)20-17-9-5-8-16(18)15(17)12-19/h2-9,13,20H,10-11H2,1H3. The van der Waals surface area contributed by atoms with E-state index in [2.05, 4.69) is 42.6 Å². The number of rotatable bonds is 5. The lowest BCUT2D eigenvalue weighted by atomic mass is 10.1. The zero-order chi connectivity index (χ0) is 14.4. The molecule has 1 unspecified atom stereocenters. The molecule has 0 saturated carbocycles. The lowest BCUT2D eigenvalue weighted by Crippen LogP contribution is -2.16.